The lowest BCUT2D eigenvalue weighted by atomic mass is 9.92. The van der Waals surface area contributed by atoms with E-state index in [4.69, 9.17) is 0 Å². The minimum atomic E-state index is -0.773. The molecule has 5 heteroatoms. The smallest absolute Gasteiger partial charge is 0.308 e. The second kappa shape index (κ2) is 6.37. The second-order valence-corrected chi connectivity index (χ2v) is 5.94. The summed E-state index contributed by atoms with van der Waals surface area (Å²) >= 11 is 0. The highest BCUT2D eigenvalue weighted by Crippen LogP contribution is 2.25. The van der Waals surface area contributed by atoms with Crippen LogP contribution >= 0.6 is 0 Å². The number of rotatable bonds is 3. The van der Waals surface area contributed by atoms with E-state index in [0.29, 0.717) is 18.9 Å². The molecule has 108 valence electrons. The first-order valence-corrected chi connectivity index (χ1v) is 7.33. The first-order valence-electron chi connectivity index (χ1n) is 7.33. The monoisotopic (exact) mass is 268 g/mol. The van der Waals surface area contributed by atoms with Crippen molar-refractivity contribution in [2.45, 2.75) is 45.1 Å². The molecule has 4 atom stereocenters. The van der Waals surface area contributed by atoms with E-state index in [1.165, 1.54) is 0 Å². The van der Waals surface area contributed by atoms with Crippen molar-refractivity contribution in [1.82, 2.24) is 10.6 Å². The molecule has 1 aliphatic carbocycles. The van der Waals surface area contributed by atoms with E-state index in [1.807, 2.05) is 0 Å². The Kier molecular flexibility index (Phi) is 4.80. The van der Waals surface area contributed by atoms with Crippen LogP contribution in [0.4, 0.5) is 0 Å². The summed E-state index contributed by atoms with van der Waals surface area (Å²) in [5, 5.41) is 15.5. The zero-order valence-corrected chi connectivity index (χ0v) is 11.5. The number of carboxylic acid groups (broad SMARTS) is 1. The normalized spacial score (nSPS) is 35.6. The van der Waals surface area contributed by atoms with Gasteiger partial charge < -0.3 is 15.7 Å². The molecule has 2 fully saturated rings. The van der Waals surface area contributed by atoms with Crippen LogP contribution in [0.15, 0.2) is 0 Å². The van der Waals surface area contributed by atoms with Crippen molar-refractivity contribution in [3.05, 3.63) is 0 Å². The molecule has 1 saturated heterocycles. The zero-order chi connectivity index (χ0) is 13.8. The number of amides is 1. The number of hydrogen-bond acceptors (Lipinski definition) is 3. The van der Waals surface area contributed by atoms with E-state index >= 15 is 0 Å². The van der Waals surface area contributed by atoms with Gasteiger partial charge >= 0.3 is 5.97 Å². The standard InChI is InChI=1S/C14H24N2O3/c1-9-7-15-8-11(9)13(17)16-12-6-4-2-3-5-10(12)14(18)19/h9-12,15H,2-8H2,1H3,(H,16,17)(H,18,19)/t9-,10?,11-,12?/m1/s1. The Bertz CT molecular complexity index is 346. The highest BCUT2D eigenvalue weighted by molar-refractivity contribution is 5.81. The van der Waals surface area contributed by atoms with Gasteiger partial charge in [-0.1, -0.05) is 26.2 Å². The van der Waals surface area contributed by atoms with E-state index in [0.717, 1.165) is 32.2 Å². The van der Waals surface area contributed by atoms with Crippen LogP contribution in [0.3, 0.4) is 0 Å². The first-order chi connectivity index (χ1) is 9.09. The van der Waals surface area contributed by atoms with E-state index in [1.54, 1.807) is 0 Å². The SMILES string of the molecule is C[C@@H]1CNC[C@H]1C(=O)NC1CCCCCC1C(=O)O. The van der Waals surface area contributed by atoms with Crippen molar-refractivity contribution in [3.8, 4) is 0 Å². The highest BCUT2D eigenvalue weighted by Gasteiger charge is 2.35. The molecule has 3 N–H and O–H groups in total. The van der Waals surface area contributed by atoms with Gasteiger partial charge in [-0.15, -0.1) is 0 Å². The van der Waals surface area contributed by atoms with Gasteiger partial charge in [-0.3, -0.25) is 9.59 Å². The minimum absolute atomic E-state index is 0.0160. The summed E-state index contributed by atoms with van der Waals surface area (Å²) in [5.74, 6) is -0.858. The molecule has 1 amide bonds. The van der Waals surface area contributed by atoms with Crippen LogP contribution in [0.25, 0.3) is 0 Å². The Balaban J connectivity index is 1.98. The van der Waals surface area contributed by atoms with Crippen LogP contribution < -0.4 is 10.6 Å². The first kappa shape index (κ1) is 14.3. The van der Waals surface area contributed by atoms with Crippen LogP contribution in [0, 0.1) is 17.8 Å². The molecule has 0 aromatic carbocycles. The molecule has 0 bridgehead atoms. The lowest BCUT2D eigenvalue weighted by Crippen LogP contribution is -2.46. The number of carboxylic acids is 1. The molecule has 0 spiro atoms. The fourth-order valence-corrected chi connectivity index (χ4v) is 3.23. The van der Waals surface area contributed by atoms with Crippen molar-refractivity contribution in [2.75, 3.05) is 13.1 Å². The van der Waals surface area contributed by atoms with E-state index in [9.17, 15) is 14.7 Å². The molecule has 2 aliphatic rings. The van der Waals surface area contributed by atoms with Crippen LogP contribution in [0.2, 0.25) is 0 Å². The Hall–Kier alpha value is -1.10. The molecule has 2 rings (SSSR count). The van der Waals surface area contributed by atoms with E-state index in [-0.39, 0.29) is 17.9 Å². The molecule has 19 heavy (non-hydrogen) atoms. The molecule has 0 aromatic rings. The third kappa shape index (κ3) is 3.47. The third-order valence-electron chi connectivity index (χ3n) is 4.52. The van der Waals surface area contributed by atoms with Crippen molar-refractivity contribution >= 4 is 11.9 Å². The second-order valence-electron chi connectivity index (χ2n) is 5.94. The third-order valence-corrected chi connectivity index (χ3v) is 4.52. The molecule has 1 aliphatic heterocycles. The van der Waals surface area contributed by atoms with Crippen LogP contribution in [0.5, 0.6) is 0 Å². The average molecular weight is 268 g/mol. The van der Waals surface area contributed by atoms with Crippen molar-refractivity contribution < 1.29 is 14.7 Å². The Morgan fingerprint density at radius 3 is 2.47 bits per heavy atom. The fourth-order valence-electron chi connectivity index (χ4n) is 3.23. The summed E-state index contributed by atoms with van der Waals surface area (Å²) in [6.45, 7) is 3.63. The molecule has 0 aromatic heterocycles. The maximum atomic E-state index is 12.3. The van der Waals surface area contributed by atoms with Crippen molar-refractivity contribution in [2.24, 2.45) is 17.8 Å². The van der Waals surface area contributed by atoms with Gasteiger partial charge in [0.15, 0.2) is 0 Å². The van der Waals surface area contributed by atoms with E-state index in [2.05, 4.69) is 17.6 Å². The predicted molar refractivity (Wildman–Crippen MR) is 71.7 cm³/mol. The van der Waals surface area contributed by atoms with Crippen molar-refractivity contribution in [3.63, 3.8) is 0 Å². The van der Waals surface area contributed by atoms with Gasteiger partial charge in [-0.05, 0) is 25.3 Å². The Labute approximate surface area is 114 Å². The molecular weight excluding hydrogens is 244 g/mol. The van der Waals surface area contributed by atoms with Gasteiger partial charge in [0, 0.05) is 12.6 Å². The van der Waals surface area contributed by atoms with Gasteiger partial charge in [-0.25, -0.2) is 0 Å². The largest absolute Gasteiger partial charge is 0.481 e. The maximum Gasteiger partial charge on any atom is 0.308 e. The number of aliphatic carboxylic acids is 1. The topological polar surface area (TPSA) is 78.4 Å². The Morgan fingerprint density at radius 2 is 1.84 bits per heavy atom. The summed E-state index contributed by atoms with van der Waals surface area (Å²) in [5.41, 5.74) is 0. The summed E-state index contributed by atoms with van der Waals surface area (Å²) in [6.07, 6.45) is 4.49. The lowest BCUT2D eigenvalue weighted by Gasteiger charge is -2.25. The van der Waals surface area contributed by atoms with Crippen LogP contribution in [-0.4, -0.2) is 36.1 Å². The molecule has 5 nitrogen and oxygen atoms in total. The van der Waals surface area contributed by atoms with Crippen LogP contribution in [-0.2, 0) is 9.59 Å². The van der Waals surface area contributed by atoms with Crippen LogP contribution in [0.1, 0.15) is 39.0 Å². The number of carbonyl (C=O) groups is 2. The summed E-state index contributed by atoms with van der Waals surface area (Å²) < 4.78 is 0. The lowest BCUT2D eigenvalue weighted by molar-refractivity contribution is -0.143. The van der Waals surface area contributed by atoms with Crippen molar-refractivity contribution in [1.29, 1.82) is 0 Å². The molecule has 1 heterocycles. The molecular formula is C14H24N2O3. The quantitative estimate of drug-likeness (QED) is 0.667. The van der Waals surface area contributed by atoms with Gasteiger partial charge in [0.05, 0.1) is 11.8 Å². The predicted octanol–water partition coefficient (Wildman–Crippen LogP) is 0.992. The maximum absolute atomic E-state index is 12.3. The van der Waals surface area contributed by atoms with E-state index < -0.39 is 11.9 Å². The zero-order valence-electron chi connectivity index (χ0n) is 11.5. The average Bonchev–Trinajstić information content (AvgIpc) is 2.65. The fraction of sp³-hybridized carbons (Fsp3) is 0.857. The number of carbonyl (C=O) groups excluding carboxylic acids is 1. The van der Waals surface area contributed by atoms with Gasteiger partial charge in [0.1, 0.15) is 0 Å². The van der Waals surface area contributed by atoms with Gasteiger partial charge in [0.25, 0.3) is 0 Å². The number of hydrogen-bond donors (Lipinski definition) is 3. The number of nitrogens with one attached hydrogen (secondary N) is 2. The Morgan fingerprint density at radius 1 is 1.11 bits per heavy atom. The molecule has 0 radical (unpaired) electrons. The van der Waals surface area contributed by atoms with Gasteiger partial charge in [0.2, 0.25) is 5.91 Å². The van der Waals surface area contributed by atoms with Gasteiger partial charge in [-0.2, -0.15) is 0 Å². The molecule has 2 unspecified atom stereocenters. The minimum Gasteiger partial charge on any atom is -0.481 e. The summed E-state index contributed by atoms with van der Waals surface area (Å²) in [4.78, 5) is 23.6. The molecule has 1 saturated carbocycles. The summed E-state index contributed by atoms with van der Waals surface area (Å²) in [7, 11) is 0. The highest BCUT2D eigenvalue weighted by atomic mass is 16.4. The summed E-state index contributed by atoms with van der Waals surface area (Å²) in [6, 6.07) is -0.194.